The van der Waals surface area contributed by atoms with Crippen molar-refractivity contribution < 1.29 is 14.3 Å². The Hall–Kier alpha value is -2.38. The Balaban J connectivity index is 1.34. The van der Waals surface area contributed by atoms with Gasteiger partial charge in [-0.15, -0.1) is 5.10 Å². The first-order valence-electron chi connectivity index (χ1n) is 9.25. The minimum atomic E-state index is -0.175. The van der Waals surface area contributed by atoms with Crippen molar-refractivity contribution in [3.8, 4) is 0 Å². The summed E-state index contributed by atoms with van der Waals surface area (Å²) in [4.78, 5) is 28.4. The molecule has 1 aromatic rings. The first kappa shape index (κ1) is 17.1. The van der Waals surface area contributed by atoms with E-state index >= 15 is 0 Å². The summed E-state index contributed by atoms with van der Waals surface area (Å²) in [5, 5.41) is 11.0. The topological polar surface area (TPSA) is 89.4 Å². The molecule has 0 atom stereocenters. The van der Waals surface area contributed by atoms with Crippen molar-refractivity contribution in [2.45, 2.75) is 45.1 Å². The van der Waals surface area contributed by atoms with Gasteiger partial charge in [0, 0.05) is 32.6 Å². The van der Waals surface area contributed by atoms with Gasteiger partial charge in [0.2, 0.25) is 0 Å². The highest BCUT2D eigenvalue weighted by Crippen LogP contribution is 2.48. The summed E-state index contributed by atoms with van der Waals surface area (Å²) in [7, 11) is 1.69. The van der Waals surface area contributed by atoms with E-state index in [-0.39, 0.29) is 23.3 Å². The number of nitrogens with zero attached hydrogens (tertiary/aromatic N) is 4. The number of piperidine rings is 1. The lowest BCUT2D eigenvalue weighted by atomic mass is 9.61. The number of hydrogen-bond donors (Lipinski definition) is 1. The average molecular weight is 359 g/mol. The van der Waals surface area contributed by atoms with Crippen molar-refractivity contribution in [3.63, 3.8) is 0 Å². The molecule has 1 aromatic heterocycles. The maximum atomic E-state index is 12.8. The molecular formula is C18H25N5O3. The number of aryl methyl sites for hydroxylation is 1. The van der Waals surface area contributed by atoms with E-state index in [1.54, 1.807) is 7.05 Å². The van der Waals surface area contributed by atoms with Gasteiger partial charge in [0.25, 0.3) is 11.8 Å². The van der Waals surface area contributed by atoms with E-state index in [0.717, 1.165) is 50.1 Å². The van der Waals surface area contributed by atoms with E-state index in [2.05, 4.69) is 15.5 Å². The highest BCUT2D eigenvalue weighted by Gasteiger charge is 2.48. The van der Waals surface area contributed by atoms with Crippen molar-refractivity contribution in [2.24, 2.45) is 12.5 Å². The molecule has 0 bridgehead atoms. The first-order valence-corrected chi connectivity index (χ1v) is 9.25. The summed E-state index contributed by atoms with van der Waals surface area (Å²) in [6.45, 7) is 4.08. The van der Waals surface area contributed by atoms with Gasteiger partial charge in [-0.1, -0.05) is 0 Å². The predicted molar refractivity (Wildman–Crippen MR) is 93.0 cm³/mol. The fourth-order valence-electron chi connectivity index (χ4n) is 4.53. The number of carbonyl (C=O) groups is 2. The number of allylic oxidation sites excluding steroid dienone is 1. The Labute approximate surface area is 152 Å². The fourth-order valence-corrected chi connectivity index (χ4v) is 4.53. The van der Waals surface area contributed by atoms with E-state index in [0.29, 0.717) is 18.7 Å². The van der Waals surface area contributed by atoms with E-state index in [1.807, 2.05) is 11.8 Å². The summed E-state index contributed by atoms with van der Waals surface area (Å²) in [5.41, 5.74) is 1.31. The Bertz CT molecular complexity index is 763. The van der Waals surface area contributed by atoms with Gasteiger partial charge in [0.15, 0.2) is 5.69 Å². The molecular weight excluding hydrogens is 334 g/mol. The number of rotatable bonds is 3. The van der Waals surface area contributed by atoms with E-state index < -0.39 is 0 Å². The zero-order valence-corrected chi connectivity index (χ0v) is 15.3. The fraction of sp³-hybridized carbons (Fsp3) is 0.667. The number of carbonyl (C=O) groups excluding carboxylic acids is 2. The highest BCUT2D eigenvalue weighted by molar-refractivity contribution is 5.94. The minimum Gasteiger partial charge on any atom is -0.497 e. The molecule has 1 N–H and O–H groups in total. The summed E-state index contributed by atoms with van der Waals surface area (Å²) >= 11 is 0. The van der Waals surface area contributed by atoms with Crippen LogP contribution in [0.1, 0.15) is 49.5 Å². The molecule has 2 aliphatic heterocycles. The molecule has 26 heavy (non-hydrogen) atoms. The smallest absolute Gasteiger partial charge is 0.273 e. The third-order valence-corrected chi connectivity index (χ3v) is 5.83. The molecule has 2 fully saturated rings. The van der Waals surface area contributed by atoms with Crippen molar-refractivity contribution in [1.29, 1.82) is 0 Å². The predicted octanol–water partition coefficient (Wildman–Crippen LogP) is 1.01. The second-order valence-electron chi connectivity index (χ2n) is 7.76. The van der Waals surface area contributed by atoms with Gasteiger partial charge in [0.1, 0.15) is 5.76 Å². The number of nitrogens with one attached hydrogen (secondary N) is 1. The zero-order valence-electron chi connectivity index (χ0n) is 15.3. The number of hydrogen-bond acceptors (Lipinski definition) is 5. The van der Waals surface area contributed by atoms with Gasteiger partial charge in [-0.25, -0.2) is 0 Å². The average Bonchev–Trinajstić information content (AvgIpc) is 3.21. The zero-order chi connectivity index (χ0) is 18.3. The van der Waals surface area contributed by atoms with Crippen molar-refractivity contribution in [3.05, 3.63) is 23.2 Å². The molecule has 1 saturated carbocycles. The largest absolute Gasteiger partial charge is 0.497 e. The minimum absolute atomic E-state index is 0.131. The number of aromatic nitrogens is 3. The summed E-state index contributed by atoms with van der Waals surface area (Å²) in [5.74, 6) is 0.731. The van der Waals surface area contributed by atoms with Crippen LogP contribution in [0.5, 0.6) is 0 Å². The Morgan fingerprint density at radius 1 is 1.38 bits per heavy atom. The molecule has 140 valence electrons. The standard InChI is InChI=1S/C18H25N5O3/c1-12-14(4-7-26-12)17(25)23-6-3-5-18(11-23)8-13(9-18)20-16(24)15-10-19-22(2)21-15/h10,13H,3-9,11H2,1-2H3,(H,20,24). The SMILES string of the molecule is CC1=C(C(=O)N2CCCC3(CC(NC(=O)c4cnn(C)n4)C3)C2)CCO1. The first-order chi connectivity index (χ1) is 12.5. The van der Waals surface area contributed by atoms with Crippen molar-refractivity contribution in [1.82, 2.24) is 25.2 Å². The quantitative estimate of drug-likeness (QED) is 0.870. The van der Waals surface area contributed by atoms with Crippen LogP contribution in [-0.4, -0.2) is 57.4 Å². The van der Waals surface area contributed by atoms with E-state index in [1.165, 1.54) is 11.0 Å². The van der Waals surface area contributed by atoms with E-state index in [9.17, 15) is 9.59 Å². The molecule has 8 nitrogen and oxygen atoms in total. The molecule has 1 spiro atoms. The Kier molecular flexibility index (Phi) is 4.20. The number of ether oxygens (including phenoxy) is 1. The molecule has 0 unspecified atom stereocenters. The maximum absolute atomic E-state index is 12.8. The van der Waals surface area contributed by atoms with Gasteiger partial charge in [-0.05, 0) is 38.0 Å². The summed E-state index contributed by atoms with van der Waals surface area (Å²) < 4.78 is 5.45. The maximum Gasteiger partial charge on any atom is 0.273 e. The molecule has 3 aliphatic rings. The van der Waals surface area contributed by atoms with Crippen molar-refractivity contribution >= 4 is 11.8 Å². The molecule has 2 amide bonds. The summed E-state index contributed by atoms with van der Waals surface area (Å²) in [6.07, 6.45) is 6.15. The Morgan fingerprint density at radius 2 is 2.19 bits per heavy atom. The van der Waals surface area contributed by atoms with Crippen LogP contribution in [-0.2, 0) is 16.6 Å². The molecule has 3 heterocycles. The number of amides is 2. The van der Waals surface area contributed by atoms with Crippen LogP contribution in [0.15, 0.2) is 17.5 Å². The Morgan fingerprint density at radius 3 is 2.85 bits per heavy atom. The molecule has 0 radical (unpaired) electrons. The van der Waals surface area contributed by atoms with Gasteiger partial charge in [0.05, 0.1) is 18.4 Å². The van der Waals surface area contributed by atoms with Crippen LogP contribution in [0.2, 0.25) is 0 Å². The lowest BCUT2D eigenvalue weighted by molar-refractivity contribution is -0.133. The lowest BCUT2D eigenvalue weighted by Crippen LogP contribution is -2.58. The van der Waals surface area contributed by atoms with E-state index in [4.69, 9.17) is 4.74 Å². The van der Waals surface area contributed by atoms with Crippen LogP contribution < -0.4 is 5.32 Å². The van der Waals surface area contributed by atoms with Gasteiger partial charge in [-0.2, -0.15) is 9.90 Å². The van der Waals surface area contributed by atoms with Crippen molar-refractivity contribution in [2.75, 3.05) is 19.7 Å². The van der Waals surface area contributed by atoms with Crippen LogP contribution in [0.25, 0.3) is 0 Å². The lowest BCUT2D eigenvalue weighted by Gasteiger charge is -2.53. The molecule has 8 heteroatoms. The highest BCUT2D eigenvalue weighted by atomic mass is 16.5. The summed E-state index contributed by atoms with van der Waals surface area (Å²) in [6, 6.07) is 0.148. The normalized spacial score (nSPS) is 28.1. The molecule has 0 aromatic carbocycles. The molecule has 1 saturated heterocycles. The van der Waals surface area contributed by atoms with Gasteiger partial charge >= 0.3 is 0 Å². The van der Waals surface area contributed by atoms with Gasteiger partial charge < -0.3 is 15.0 Å². The monoisotopic (exact) mass is 359 g/mol. The molecule has 1 aliphatic carbocycles. The van der Waals surface area contributed by atoms with Crippen LogP contribution in [0, 0.1) is 5.41 Å². The second kappa shape index (κ2) is 6.41. The molecule has 4 rings (SSSR count). The number of likely N-dealkylation sites (tertiary alicyclic amines) is 1. The van der Waals surface area contributed by atoms with Crippen LogP contribution >= 0.6 is 0 Å². The van der Waals surface area contributed by atoms with Crippen LogP contribution in [0.4, 0.5) is 0 Å². The third-order valence-electron chi connectivity index (χ3n) is 5.83. The third kappa shape index (κ3) is 3.08. The second-order valence-corrected chi connectivity index (χ2v) is 7.76. The van der Waals surface area contributed by atoms with Gasteiger partial charge in [-0.3, -0.25) is 9.59 Å². The van der Waals surface area contributed by atoms with Crippen LogP contribution in [0.3, 0.4) is 0 Å².